The van der Waals surface area contributed by atoms with E-state index in [9.17, 15) is 9.59 Å². The van der Waals surface area contributed by atoms with Gasteiger partial charge in [0.25, 0.3) is 5.56 Å². The van der Waals surface area contributed by atoms with Crippen LogP contribution in [-0.2, 0) is 11.3 Å². The van der Waals surface area contributed by atoms with Crippen LogP contribution in [0.3, 0.4) is 0 Å². The predicted octanol–water partition coefficient (Wildman–Crippen LogP) is 3.05. The van der Waals surface area contributed by atoms with E-state index in [0.29, 0.717) is 22.9 Å². The van der Waals surface area contributed by atoms with Crippen molar-refractivity contribution in [2.45, 2.75) is 11.8 Å². The van der Waals surface area contributed by atoms with Crippen molar-refractivity contribution < 1.29 is 4.79 Å². The van der Waals surface area contributed by atoms with Crippen LogP contribution in [0.1, 0.15) is 21.9 Å². The number of amides is 1. The number of H-pyrrole nitrogens is 1. The zero-order valence-corrected chi connectivity index (χ0v) is 15.2. The second kappa shape index (κ2) is 7.01. The standard InChI is InChI=1S/C18H15ClN4O2S/c19-14-6-2-1-4-11(14)9-23-17-13(8-21-23)16(26-10-15(24)22-17)12-5-3-7-20-18(12)25/h1-8,16H,9-10H2,(H,20,25)(H,22,24)/t16-/m0/s1. The highest BCUT2D eigenvalue weighted by atomic mass is 35.5. The van der Waals surface area contributed by atoms with Gasteiger partial charge in [0.2, 0.25) is 5.91 Å². The third-order valence-electron chi connectivity index (χ3n) is 4.20. The normalized spacial score (nSPS) is 16.7. The molecule has 1 atom stereocenters. The minimum Gasteiger partial charge on any atom is -0.329 e. The Morgan fingerprint density at radius 2 is 2.04 bits per heavy atom. The number of hydrogen-bond donors (Lipinski definition) is 2. The van der Waals surface area contributed by atoms with Gasteiger partial charge in [0.05, 0.1) is 23.7 Å². The molecule has 0 aliphatic carbocycles. The van der Waals surface area contributed by atoms with Crippen molar-refractivity contribution in [3.05, 3.63) is 80.9 Å². The van der Waals surface area contributed by atoms with Gasteiger partial charge in [-0.15, -0.1) is 11.8 Å². The zero-order chi connectivity index (χ0) is 18.1. The first-order chi connectivity index (χ1) is 12.6. The van der Waals surface area contributed by atoms with Crippen molar-refractivity contribution >= 4 is 35.1 Å². The average Bonchev–Trinajstić information content (AvgIpc) is 2.92. The van der Waals surface area contributed by atoms with E-state index in [4.69, 9.17) is 11.6 Å². The Morgan fingerprint density at radius 3 is 2.85 bits per heavy atom. The lowest BCUT2D eigenvalue weighted by Crippen LogP contribution is -2.17. The molecule has 2 N–H and O–H groups in total. The Labute approximate surface area is 158 Å². The number of thioether (sulfide) groups is 1. The molecule has 3 heterocycles. The van der Waals surface area contributed by atoms with Gasteiger partial charge in [0.15, 0.2) is 0 Å². The number of nitrogens with one attached hydrogen (secondary N) is 2. The first-order valence-corrected chi connectivity index (χ1v) is 9.44. The van der Waals surface area contributed by atoms with Crippen molar-refractivity contribution in [3.63, 3.8) is 0 Å². The maximum atomic E-state index is 12.2. The van der Waals surface area contributed by atoms with E-state index in [0.717, 1.165) is 11.1 Å². The highest BCUT2D eigenvalue weighted by molar-refractivity contribution is 8.00. The molecule has 0 radical (unpaired) electrons. The molecular formula is C18H15ClN4O2S. The van der Waals surface area contributed by atoms with Crippen molar-refractivity contribution in [1.29, 1.82) is 0 Å². The summed E-state index contributed by atoms with van der Waals surface area (Å²) in [6, 6.07) is 11.1. The molecule has 0 spiro atoms. The van der Waals surface area contributed by atoms with Crippen LogP contribution in [0.5, 0.6) is 0 Å². The van der Waals surface area contributed by atoms with Crippen LogP contribution < -0.4 is 10.9 Å². The summed E-state index contributed by atoms with van der Waals surface area (Å²) < 4.78 is 1.71. The molecule has 1 aromatic carbocycles. The molecule has 1 amide bonds. The quantitative estimate of drug-likeness (QED) is 0.725. The summed E-state index contributed by atoms with van der Waals surface area (Å²) in [5, 5.41) is 7.72. The molecular weight excluding hydrogens is 372 g/mol. The largest absolute Gasteiger partial charge is 0.329 e. The van der Waals surface area contributed by atoms with Crippen molar-refractivity contribution in [2.24, 2.45) is 0 Å². The summed E-state index contributed by atoms with van der Waals surface area (Å²) in [5.74, 6) is 0.750. The molecule has 0 saturated heterocycles. The second-order valence-electron chi connectivity index (χ2n) is 5.89. The van der Waals surface area contributed by atoms with Gasteiger partial charge in [-0.25, -0.2) is 4.68 Å². The van der Waals surface area contributed by atoms with E-state index >= 15 is 0 Å². The Bertz CT molecular complexity index is 1030. The van der Waals surface area contributed by atoms with Gasteiger partial charge in [0.1, 0.15) is 5.82 Å². The minimum absolute atomic E-state index is 0.119. The van der Waals surface area contributed by atoms with E-state index in [1.54, 1.807) is 29.2 Å². The minimum atomic E-state index is -0.270. The Hall–Kier alpha value is -2.51. The van der Waals surface area contributed by atoms with Crippen LogP contribution in [0.2, 0.25) is 5.02 Å². The molecule has 0 saturated carbocycles. The fourth-order valence-electron chi connectivity index (χ4n) is 2.95. The number of fused-ring (bicyclic) bond motifs is 1. The van der Waals surface area contributed by atoms with E-state index in [1.807, 2.05) is 24.3 Å². The zero-order valence-electron chi connectivity index (χ0n) is 13.6. The molecule has 8 heteroatoms. The van der Waals surface area contributed by atoms with Crippen LogP contribution in [0.25, 0.3) is 0 Å². The summed E-state index contributed by atoms with van der Waals surface area (Å²) in [6.07, 6.45) is 3.31. The van der Waals surface area contributed by atoms with Crippen LogP contribution in [-0.4, -0.2) is 26.4 Å². The summed E-state index contributed by atoms with van der Waals surface area (Å²) in [4.78, 5) is 27.1. The first kappa shape index (κ1) is 16.9. The number of halogens is 1. The Balaban J connectivity index is 1.78. The summed E-state index contributed by atoms with van der Waals surface area (Å²) >= 11 is 7.67. The maximum Gasteiger partial charge on any atom is 0.252 e. The SMILES string of the molecule is O=C1CS[C@@H](c2ccc[nH]c2=O)c2cnn(Cc3ccccc3Cl)c2N1. The third kappa shape index (κ3) is 3.15. The Kier molecular flexibility index (Phi) is 4.57. The number of hydrogen-bond acceptors (Lipinski definition) is 4. The van der Waals surface area contributed by atoms with Crippen LogP contribution in [0.4, 0.5) is 5.82 Å². The highest BCUT2D eigenvalue weighted by Crippen LogP contribution is 2.40. The molecule has 0 bridgehead atoms. The lowest BCUT2D eigenvalue weighted by atomic mass is 10.1. The molecule has 1 aliphatic rings. The molecule has 1 aliphatic heterocycles. The fourth-order valence-corrected chi connectivity index (χ4v) is 4.25. The molecule has 0 unspecified atom stereocenters. The fraction of sp³-hybridized carbons (Fsp3) is 0.167. The topological polar surface area (TPSA) is 79.8 Å². The number of nitrogens with zero attached hydrogens (tertiary/aromatic N) is 2. The number of aromatic amines is 1. The number of benzene rings is 1. The van der Waals surface area contributed by atoms with E-state index in [-0.39, 0.29) is 22.5 Å². The van der Waals surface area contributed by atoms with Gasteiger partial charge in [-0.2, -0.15) is 5.10 Å². The van der Waals surface area contributed by atoms with Gasteiger partial charge in [-0.1, -0.05) is 35.9 Å². The number of anilines is 1. The van der Waals surface area contributed by atoms with E-state index in [2.05, 4.69) is 15.4 Å². The average molecular weight is 387 g/mol. The van der Waals surface area contributed by atoms with Crippen molar-refractivity contribution in [2.75, 3.05) is 11.1 Å². The molecule has 132 valence electrons. The summed E-state index contributed by atoms with van der Waals surface area (Å²) in [5.41, 5.74) is 2.15. The van der Waals surface area contributed by atoms with Crippen molar-refractivity contribution in [3.8, 4) is 0 Å². The maximum absolute atomic E-state index is 12.2. The Morgan fingerprint density at radius 1 is 1.19 bits per heavy atom. The molecule has 26 heavy (non-hydrogen) atoms. The van der Waals surface area contributed by atoms with E-state index in [1.165, 1.54) is 11.8 Å². The monoisotopic (exact) mass is 386 g/mol. The van der Waals surface area contributed by atoms with Gasteiger partial charge >= 0.3 is 0 Å². The first-order valence-electron chi connectivity index (χ1n) is 8.01. The number of aromatic nitrogens is 3. The molecule has 0 fully saturated rings. The van der Waals surface area contributed by atoms with E-state index < -0.39 is 0 Å². The number of carbonyl (C=O) groups is 1. The smallest absolute Gasteiger partial charge is 0.252 e. The highest BCUT2D eigenvalue weighted by Gasteiger charge is 2.29. The van der Waals surface area contributed by atoms with Crippen LogP contribution in [0.15, 0.2) is 53.6 Å². The van der Waals surface area contributed by atoms with Gasteiger partial charge < -0.3 is 10.3 Å². The van der Waals surface area contributed by atoms with Gasteiger partial charge in [-0.05, 0) is 17.7 Å². The van der Waals surface area contributed by atoms with Crippen molar-refractivity contribution in [1.82, 2.24) is 14.8 Å². The second-order valence-corrected chi connectivity index (χ2v) is 7.39. The number of rotatable bonds is 3. The lowest BCUT2D eigenvalue weighted by Gasteiger charge is -2.13. The molecule has 2 aromatic heterocycles. The van der Waals surface area contributed by atoms with Gasteiger partial charge in [0, 0.05) is 22.3 Å². The van der Waals surface area contributed by atoms with Crippen LogP contribution >= 0.6 is 23.4 Å². The predicted molar refractivity (Wildman–Crippen MR) is 103 cm³/mol. The number of carbonyl (C=O) groups excluding carboxylic acids is 1. The molecule has 6 nitrogen and oxygen atoms in total. The summed E-state index contributed by atoms with van der Waals surface area (Å²) in [6.45, 7) is 0.428. The molecule has 4 rings (SSSR count). The lowest BCUT2D eigenvalue weighted by molar-refractivity contribution is -0.113. The van der Waals surface area contributed by atoms with Crippen LogP contribution in [0, 0.1) is 0 Å². The number of pyridine rings is 1. The molecule has 3 aromatic rings. The third-order valence-corrected chi connectivity index (χ3v) is 5.84. The summed E-state index contributed by atoms with van der Waals surface area (Å²) in [7, 11) is 0. The van der Waals surface area contributed by atoms with Gasteiger partial charge in [-0.3, -0.25) is 9.59 Å².